The quantitative estimate of drug-likeness (QED) is 0.557. The molecule has 33 heavy (non-hydrogen) atoms. The Morgan fingerprint density at radius 3 is 2.55 bits per heavy atom. The minimum absolute atomic E-state index is 0.0483. The maximum atomic E-state index is 12.8. The van der Waals surface area contributed by atoms with Crippen molar-refractivity contribution in [2.24, 2.45) is 0 Å². The number of aromatic nitrogens is 2. The average molecular weight is 485 g/mol. The number of nitrogens with zero attached hydrogens (tertiary/aromatic N) is 3. The summed E-state index contributed by atoms with van der Waals surface area (Å²) in [7, 11) is 0. The van der Waals surface area contributed by atoms with Gasteiger partial charge < -0.3 is 15.0 Å². The van der Waals surface area contributed by atoms with Crippen LogP contribution in [0.3, 0.4) is 0 Å². The van der Waals surface area contributed by atoms with Crippen LogP contribution < -0.4 is 10.1 Å². The van der Waals surface area contributed by atoms with Crippen LogP contribution in [-0.2, 0) is 11.3 Å². The van der Waals surface area contributed by atoms with E-state index in [0.717, 1.165) is 33.9 Å². The fourth-order valence-corrected chi connectivity index (χ4v) is 4.55. The number of hydrogen-bond donors (Lipinski definition) is 1. The number of nitrogens with one attached hydrogen (secondary N) is 1. The van der Waals surface area contributed by atoms with E-state index in [1.54, 1.807) is 42.7 Å². The number of rotatable bonds is 6. The molecule has 4 rings (SSSR count). The zero-order valence-corrected chi connectivity index (χ0v) is 20.1. The minimum Gasteiger partial charge on any atom is -0.489 e. The number of thiazole rings is 1. The van der Waals surface area contributed by atoms with Gasteiger partial charge in [0.05, 0.1) is 5.56 Å². The first kappa shape index (κ1) is 23.2. The molecule has 0 aliphatic carbocycles. The van der Waals surface area contributed by atoms with Gasteiger partial charge in [-0.2, -0.15) is 0 Å². The van der Waals surface area contributed by atoms with Gasteiger partial charge in [0.15, 0.2) is 0 Å². The molecular formula is C24H25ClN4O3S. The monoisotopic (exact) mass is 484 g/mol. The van der Waals surface area contributed by atoms with Gasteiger partial charge in [-0.05, 0) is 24.6 Å². The summed E-state index contributed by atoms with van der Waals surface area (Å²) >= 11 is 7.47. The summed E-state index contributed by atoms with van der Waals surface area (Å²) in [6, 6.07) is 8.99. The van der Waals surface area contributed by atoms with Crippen LogP contribution in [0.25, 0.3) is 10.6 Å². The number of hydrogen-bond acceptors (Lipinski definition) is 6. The Balaban J connectivity index is 1.52. The fraction of sp³-hybridized carbons (Fsp3) is 0.333. The van der Waals surface area contributed by atoms with Crippen LogP contribution >= 0.6 is 22.9 Å². The molecule has 2 aromatic heterocycles. The molecule has 172 valence electrons. The van der Waals surface area contributed by atoms with Gasteiger partial charge >= 0.3 is 0 Å². The predicted octanol–water partition coefficient (Wildman–Crippen LogP) is 4.49. The van der Waals surface area contributed by atoms with Gasteiger partial charge in [-0.15, -0.1) is 11.3 Å². The van der Waals surface area contributed by atoms with Crippen molar-refractivity contribution in [1.82, 2.24) is 20.2 Å². The SMILES string of the molecule is CC(=O)N1CCC(Oc2cc(C(=O)NCc3ccc(Cl)cc3)ncc2-c2ncc(C)s2)CC1. The summed E-state index contributed by atoms with van der Waals surface area (Å²) in [6.45, 7) is 5.26. The van der Waals surface area contributed by atoms with E-state index in [1.807, 2.05) is 30.2 Å². The van der Waals surface area contributed by atoms with E-state index in [2.05, 4.69) is 15.3 Å². The standard InChI is InChI=1S/C24H25ClN4O3S/c1-15-12-28-24(33-15)20-14-26-21(23(31)27-13-17-3-5-18(25)6-4-17)11-22(20)32-19-7-9-29(10-8-19)16(2)30/h3-6,11-12,14,19H,7-10,13H2,1-2H3,(H,27,31). The van der Waals surface area contributed by atoms with Crippen molar-refractivity contribution in [3.8, 4) is 16.3 Å². The molecule has 0 radical (unpaired) electrons. The van der Waals surface area contributed by atoms with E-state index < -0.39 is 0 Å². The van der Waals surface area contributed by atoms with Gasteiger partial charge in [-0.25, -0.2) is 4.98 Å². The second-order valence-corrected chi connectivity index (χ2v) is 9.65. The second kappa shape index (κ2) is 10.3. The number of pyridine rings is 1. The Morgan fingerprint density at radius 2 is 1.91 bits per heavy atom. The summed E-state index contributed by atoms with van der Waals surface area (Å²) in [5, 5.41) is 4.33. The van der Waals surface area contributed by atoms with Crippen LogP contribution in [0.4, 0.5) is 0 Å². The third-order valence-electron chi connectivity index (χ3n) is 5.50. The lowest BCUT2D eigenvalue weighted by atomic mass is 10.1. The number of carbonyl (C=O) groups excluding carboxylic acids is 2. The average Bonchev–Trinajstić information content (AvgIpc) is 3.24. The van der Waals surface area contributed by atoms with Crippen molar-refractivity contribution in [1.29, 1.82) is 0 Å². The van der Waals surface area contributed by atoms with Gasteiger partial charge in [0.25, 0.3) is 5.91 Å². The molecule has 0 saturated carbocycles. The van der Waals surface area contributed by atoms with Crippen molar-refractivity contribution in [3.63, 3.8) is 0 Å². The van der Waals surface area contributed by atoms with E-state index in [1.165, 1.54) is 0 Å². The van der Waals surface area contributed by atoms with Crippen LogP contribution in [0.15, 0.2) is 42.7 Å². The highest BCUT2D eigenvalue weighted by molar-refractivity contribution is 7.15. The molecule has 3 heterocycles. The van der Waals surface area contributed by atoms with Gasteiger partial charge in [0.1, 0.15) is 22.6 Å². The molecule has 2 amide bonds. The van der Waals surface area contributed by atoms with Crippen molar-refractivity contribution in [2.45, 2.75) is 39.3 Å². The number of halogens is 1. The Kier molecular flexibility index (Phi) is 7.25. The highest BCUT2D eigenvalue weighted by Gasteiger charge is 2.24. The van der Waals surface area contributed by atoms with Crippen molar-refractivity contribution < 1.29 is 14.3 Å². The molecule has 9 heteroatoms. The largest absolute Gasteiger partial charge is 0.489 e. The highest BCUT2D eigenvalue weighted by atomic mass is 35.5. The number of aryl methyl sites for hydroxylation is 1. The summed E-state index contributed by atoms with van der Waals surface area (Å²) < 4.78 is 6.34. The molecule has 0 spiro atoms. The Morgan fingerprint density at radius 1 is 1.18 bits per heavy atom. The highest BCUT2D eigenvalue weighted by Crippen LogP contribution is 2.34. The molecular weight excluding hydrogens is 460 g/mol. The Labute approximate surface area is 201 Å². The van der Waals surface area contributed by atoms with Crippen LogP contribution in [-0.4, -0.2) is 45.9 Å². The van der Waals surface area contributed by atoms with Crippen LogP contribution in [0.1, 0.15) is 40.7 Å². The number of benzene rings is 1. The van der Waals surface area contributed by atoms with Gasteiger partial charge in [-0.3, -0.25) is 14.6 Å². The normalized spacial score (nSPS) is 14.2. The molecule has 1 N–H and O–H groups in total. The summed E-state index contributed by atoms with van der Waals surface area (Å²) in [4.78, 5) is 36.2. The fourth-order valence-electron chi connectivity index (χ4n) is 3.64. The third kappa shape index (κ3) is 5.89. The summed E-state index contributed by atoms with van der Waals surface area (Å²) in [5.74, 6) is 0.372. The lowest BCUT2D eigenvalue weighted by Gasteiger charge is -2.31. The first-order valence-electron chi connectivity index (χ1n) is 10.8. The van der Waals surface area contributed by atoms with Crippen molar-refractivity contribution in [3.05, 3.63) is 63.9 Å². The molecule has 0 bridgehead atoms. The Hall–Kier alpha value is -2.97. The number of ether oxygens (including phenoxy) is 1. The van der Waals surface area contributed by atoms with E-state index in [-0.39, 0.29) is 23.6 Å². The van der Waals surface area contributed by atoms with Crippen LogP contribution in [0.2, 0.25) is 5.02 Å². The van der Waals surface area contributed by atoms with Gasteiger partial charge in [-0.1, -0.05) is 23.7 Å². The van der Waals surface area contributed by atoms with E-state index in [9.17, 15) is 9.59 Å². The zero-order valence-electron chi connectivity index (χ0n) is 18.5. The molecule has 3 aromatic rings. The number of amides is 2. The first-order valence-corrected chi connectivity index (χ1v) is 12.0. The molecule has 0 atom stereocenters. The van der Waals surface area contributed by atoms with E-state index in [4.69, 9.17) is 16.3 Å². The first-order chi connectivity index (χ1) is 15.9. The molecule has 1 aliphatic rings. The minimum atomic E-state index is -0.289. The molecule has 0 unspecified atom stereocenters. The third-order valence-corrected chi connectivity index (χ3v) is 6.70. The maximum Gasteiger partial charge on any atom is 0.270 e. The van der Waals surface area contributed by atoms with Gasteiger partial charge in [0, 0.05) is 67.8 Å². The molecule has 1 saturated heterocycles. The maximum absolute atomic E-state index is 12.8. The molecule has 7 nitrogen and oxygen atoms in total. The molecule has 1 fully saturated rings. The molecule has 1 aliphatic heterocycles. The second-order valence-electron chi connectivity index (χ2n) is 7.97. The number of likely N-dealkylation sites (tertiary alicyclic amines) is 1. The number of piperidine rings is 1. The van der Waals surface area contributed by atoms with E-state index in [0.29, 0.717) is 30.4 Å². The molecule has 1 aromatic carbocycles. The van der Waals surface area contributed by atoms with E-state index >= 15 is 0 Å². The lowest BCUT2D eigenvalue weighted by Crippen LogP contribution is -2.40. The van der Waals surface area contributed by atoms with Crippen molar-refractivity contribution >= 4 is 34.8 Å². The number of carbonyl (C=O) groups is 2. The summed E-state index contributed by atoms with van der Waals surface area (Å²) in [5.41, 5.74) is 1.98. The lowest BCUT2D eigenvalue weighted by molar-refractivity contribution is -0.130. The smallest absolute Gasteiger partial charge is 0.270 e. The van der Waals surface area contributed by atoms with Crippen LogP contribution in [0, 0.1) is 6.92 Å². The topological polar surface area (TPSA) is 84.4 Å². The predicted molar refractivity (Wildman–Crippen MR) is 129 cm³/mol. The zero-order chi connectivity index (χ0) is 23.4. The van der Waals surface area contributed by atoms with Crippen LogP contribution in [0.5, 0.6) is 5.75 Å². The summed E-state index contributed by atoms with van der Waals surface area (Å²) in [6.07, 6.45) is 4.87. The van der Waals surface area contributed by atoms with Crippen molar-refractivity contribution in [2.75, 3.05) is 13.1 Å². The Bertz CT molecular complexity index is 1140. The van der Waals surface area contributed by atoms with Gasteiger partial charge in [0.2, 0.25) is 5.91 Å².